The lowest BCUT2D eigenvalue weighted by Gasteiger charge is -2.27. The molecule has 2 N–H and O–H groups in total. The van der Waals surface area contributed by atoms with Crippen LogP contribution in [0.5, 0.6) is 0 Å². The third kappa shape index (κ3) is 4.67. The van der Waals surface area contributed by atoms with Crippen LogP contribution in [0.15, 0.2) is 29.3 Å². The topological polar surface area (TPSA) is 50.8 Å². The van der Waals surface area contributed by atoms with Crippen LogP contribution in [0.3, 0.4) is 0 Å². The number of alkyl halides is 3. The highest BCUT2D eigenvalue weighted by Crippen LogP contribution is 2.29. The highest BCUT2D eigenvalue weighted by Gasteiger charge is 2.30. The molecule has 0 amide bonds. The summed E-state index contributed by atoms with van der Waals surface area (Å²) in [4.78, 5) is 5.99. The monoisotopic (exact) mass is 311 g/mol. The normalized spacial score (nSPS) is 16.1. The molecule has 1 aliphatic heterocycles. The molecule has 2 rings (SSSR count). The number of hydrogen-bond acceptors (Lipinski definition) is 2. The van der Waals surface area contributed by atoms with Crippen molar-refractivity contribution in [3.63, 3.8) is 0 Å². The molecule has 0 bridgehead atoms. The van der Waals surface area contributed by atoms with E-state index in [0.717, 1.165) is 12.1 Å². The second-order valence-corrected chi connectivity index (χ2v) is 4.65. The molecule has 0 unspecified atom stereocenters. The van der Waals surface area contributed by atoms with E-state index >= 15 is 0 Å². The Balaban J connectivity index is 1.96. The van der Waals surface area contributed by atoms with Gasteiger partial charge in [0.25, 0.3) is 0 Å². The second-order valence-electron chi connectivity index (χ2n) is 4.65. The molecule has 1 heterocycles. The van der Waals surface area contributed by atoms with Gasteiger partial charge in [0, 0.05) is 18.7 Å². The first kappa shape index (κ1) is 16.2. The lowest BCUT2D eigenvalue weighted by Crippen LogP contribution is -2.44. The Labute approximate surface area is 126 Å². The third-order valence-corrected chi connectivity index (χ3v) is 3.08. The van der Waals surface area contributed by atoms with Gasteiger partial charge in [0.2, 0.25) is 0 Å². The van der Waals surface area contributed by atoms with Crippen LogP contribution in [0.2, 0.25) is 0 Å². The Bertz CT molecular complexity index is 596. The summed E-state index contributed by atoms with van der Waals surface area (Å²) in [5, 5.41) is 0. The predicted octanol–water partition coefficient (Wildman–Crippen LogP) is 1.70. The average Bonchev–Trinajstić information content (AvgIpc) is 2.52. The van der Waals surface area contributed by atoms with Gasteiger partial charge in [0.05, 0.1) is 18.8 Å². The van der Waals surface area contributed by atoms with E-state index in [1.807, 2.05) is 4.90 Å². The van der Waals surface area contributed by atoms with E-state index in [4.69, 9.17) is 10.5 Å². The van der Waals surface area contributed by atoms with E-state index < -0.39 is 11.7 Å². The van der Waals surface area contributed by atoms with E-state index in [2.05, 4.69) is 16.8 Å². The zero-order valence-corrected chi connectivity index (χ0v) is 11.9. The summed E-state index contributed by atoms with van der Waals surface area (Å²) in [6, 6.07) is 4.89. The zero-order valence-electron chi connectivity index (χ0n) is 11.9. The summed E-state index contributed by atoms with van der Waals surface area (Å²) in [6.45, 7) is 2.70. The van der Waals surface area contributed by atoms with Crippen molar-refractivity contribution in [2.75, 3.05) is 32.8 Å². The highest BCUT2D eigenvalue weighted by atomic mass is 19.4. The van der Waals surface area contributed by atoms with Crippen molar-refractivity contribution < 1.29 is 17.9 Å². The lowest BCUT2D eigenvalue weighted by atomic mass is 10.1. The van der Waals surface area contributed by atoms with Crippen LogP contribution in [-0.2, 0) is 10.9 Å². The molecule has 1 aromatic carbocycles. The highest BCUT2D eigenvalue weighted by molar-refractivity contribution is 5.78. The molecule has 4 nitrogen and oxygen atoms in total. The molecular weight excluding hydrogens is 295 g/mol. The standard InChI is InChI=1S/C15H16F3N3O/c16-15(17,18)13-5-1-3-12(11-13)4-2-6-20-14(19)21-7-9-22-10-8-21/h1,3,5,11H,6-10H2,(H2,19,20). The maximum Gasteiger partial charge on any atom is 0.416 e. The summed E-state index contributed by atoms with van der Waals surface area (Å²) in [5.41, 5.74) is 5.40. The number of morpholine rings is 1. The first-order valence-electron chi connectivity index (χ1n) is 6.75. The van der Waals surface area contributed by atoms with Crippen molar-refractivity contribution in [3.8, 4) is 11.8 Å². The molecule has 0 radical (unpaired) electrons. The summed E-state index contributed by atoms with van der Waals surface area (Å²) in [5.74, 6) is 5.74. The third-order valence-electron chi connectivity index (χ3n) is 3.08. The number of nitrogens with two attached hydrogens (primary N) is 1. The molecule has 1 aromatic rings. The maximum absolute atomic E-state index is 12.6. The van der Waals surface area contributed by atoms with Crippen LogP contribution in [0.1, 0.15) is 11.1 Å². The molecule has 22 heavy (non-hydrogen) atoms. The molecule has 0 aliphatic carbocycles. The predicted molar refractivity (Wildman–Crippen MR) is 77.2 cm³/mol. The van der Waals surface area contributed by atoms with Crippen molar-refractivity contribution in [1.29, 1.82) is 0 Å². The van der Waals surface area contributed by atoms with Crippen molar-refractivity contribution >= 4 is 5.96 Å². The summed E-state index contributed by atoms with van der Waals surface area (Å²) in [6.07, 6.45) is -4.36. The number of nitrogens with zero attached hydrogens (tertiary/aromatic N) is 2. The molecule has 0 saturated carbocycles. The van der Waals surface area contributed by atoms with Gasteiger partial charge in [0.15, 0.2) is 5.96 Å². The smallest absolute Gasteiger partial charge is 0.378 e. The minimum absolute atomic E-state index is 0.138. The fourth-order valence-corrected chi connectivity index (χ4v) is 1.93. The Kier molecular flexibility index (Phi) is 5.28. The van der Waals surface area contributed by atoms with Crippen molar-refractivity contribution in [2.24, 2.45) is 10.7 Å². The van der Waals surface area contributed by atoms with E-state index in [0.29, 0.717) is 37.8 Å². The van der Waals surface area contributed by atoms with Crippen LogP contribution in [0, 0.1) is 11.8 Å². The van der Waals surface area contributed by atoms with Crippen molar-refractivity contribution in [3.05, 3.63) is 35.4 Å². The molecule has 7 heteroatoms. The van der Waals surface area contributed by atoms with E-state index in [-0.39, 0.29) is 6.54 Å². The SMILES string of the molecule is NC(=NCC#Cc1cccc(C(F)(F)F)c1)N1CCOCC1. The number of halogens is 3. The Morgan fingerprint density at radius 1 is 1.32 bits per heavy atom. The molecular formula is C15H16F3N3O. The fraction of sp³-hybridized carbons (Fsp3) is 0.400. The van der Waals surface area contributed by atoms with E-state index in [1.54, 1.807) is 0 Å². The lowest BCUT2D eigenvalue weighted by molar-refractivity contribution is -0.137. The molecule has 0 spiro atoms. The first-order chi connectivity index (χ1) is 10.5. The minimum Gasteiger partial charge on any atom is -0.378 e. The van der Waals surface area contributed by atoms with Gasteiger partial charge in [-0.3, -0.25) is 0 Å². The summed E-state index contributed by atoms with van der Waals surface area (Å²) < 4.78 is 42.9. The summed E-state index contributed by atoms with van der Waals surface area (Å²) >= 11 is 0. The number of aliphatic imine (C=N–C) groups is 1. The Morgan fingerprint density at radius 2 is 2.05 bits per heavy atom. The number of guanidine groups is 1. The Morgan fingerprint density at radius 3 is 2.73 bits per heavy atom. The van der Waals surface area contributed by atoms with Gasteiger partial charge in [-0.2, -0.15) is 13.2 Å². The maximum atomic E-state index is 12.6. The fourth-order valence-electron chi connectivity index (χ4n) is 1.93. The van der Waals surface area contributed by atoms with Crippen molar-refractivity contribution in [1.82, 2.24) is 4.90 Å². The molecule has 118 valence electrons. The van der Waals surface area contributed by atoms with Crippen LogP contribution in [0.25, 0.3) is 0 Å². The van der Waals surface area contributed by atoms with Gasteiger partial charge in [-0.25, -0.2) is 4.99 Å². The zero-order chi connectivity index (χ0) is 16.0. The van der Waals surface area contributed by atoms with Gasteiger partial charge in [-0.15, -0.1) is 0 Å². The summed E-state index contributed by atoms with van der Waals surface area (Å²) in [7, 11) is 0. The van der Waals surface area contributed by atoms with Crippen LogP contribution in [-0.4, -0.2) is 43.7 Å². The second kappa shape index (κ2) is 7.18. The van der Waals surface area contributed by atoms with Crippen LogP contribution >= 0.6 is 0 Å². The average molecular weight is 311 g/mol. The van der Waals surface area contributed by atoms with Gasteiger partial charge >= 0.3 is 6.18 Å². The molecule has 1 fully saturated rings. The molecule has 0 atom stereocenters. The largest absolute Gasteiger partial charge is 0.416 e. The van der Waals surface area contributed by atoms with Gasteiger partial charge in [0.1, 0.15) is 6.54 Å². The van der Waals surface area contributed by atoms with Crippen LogP contribution in [0.4, 0.5) is 13.2 Å². The number of benzene rings is 1. The van der Waals surface area contributed by atoms with Gasteiger partial charge in [-0.1, -0.05) is 17.9 Å². The number of hydrogen-bond donors (Lipinski definition) is 1. The minimum atomic E-state index is -4.36. The van der Waals surface area contributed by atoms with E-state index in [9.17, 15) is 13.2 Å². The van der Waals surface area contributed by atoms with Crippen LogP contribution < -0.4 is 5.73 Å². The van der Waals surface area contributed by atoms with E-state index in [1.165, 1.54) is 12.1 Å². The Hall–Kier alpha value is -2.20. The quantitative estimate of drug-likeness (QED) is 0.488. The van der Waals surface area contributed by atoms with Gasteiger partial charge in [-0.05, 0) is 18.2 Å². The van der Waals surface area contributed by atoms with Gasteiger partial charge < -0.3 is 15.4 Å². The molecule has 0 aromatic heterocycles. The molecule has 1 aliphatic rings. The van der Waals surface area contributed by atoms with Crippen molar-refractivity contribution in [2.45, 2.75) is 6.18 Å². The first-order valence-corrected chi connectivity index (χ1v) is 6.75. The number of rotatable bonds is 1. The molecule has 1 saturated heterocycles. The number of ether oxygens (including phenoxy) is 1.